The van der Waals surface area contributed by atoms with E-state index >= 15 is 0 Å². The summed E-state index contributed by atoms with van der Waals surface area (Å²) in [6, 6.07) is 10.6. The highest BCUT2D eigenvalue weighted by molar-refractivity contribution is 7.18. The summed E-state index contributed by atoms with van der Waals surface area (Å²) in [5, 5.41) is 1.11. The summed E-state index contributed by atoms with van der Waals surface area (Å²) >= 11 is 1.72. The molecule has 0 bridgehead atoms. The number of alkyl halides is 3. The second kappa shape index (κ2) is 9.50. The third-order valence-corrected chi connectivity index (χ3v) is 7.76. The summed E-state index contributed by atoms with van der Waals surface area (Å²) < 4.78 is 39.5. The molecule has 2 aromatic heterocycles. The maximum absolute atomic E-state index is 13.0. The van der Waals surface area contributed by atoms with Crippen LogP contribution in [0.2, 0.25) is 0 Å². The number of piperidine rings is 1. The first kappa shape index (κ1) is 23.0. The van der Waals surface area contributed by atoms with E-state index < -0.39 is 11.7 Å². The molecule has 1 amide bonds. The monoisotopic (exact) mass is 489 g/mol. The average Bonchev–Trinajstić information content (AvgIpc) is 3.29. The van der Waals surface area contributed by atoms with Crippen LogP contribution in [0.4, 0.5) is 19.0 Å². The Morgan fingerprint density at radius 3 is 2.56 bits per heavy atom. The van der Waals surface area contributed by atoms with Gasteiger partial charge in [-0.15, -0.1) is 11.3 Å². The van der Waals surface area contributed by atoms with Crippen molar-refractivity contribution in [3.63, 3.8) is 0 Å². The summed E-state index contributed by atoms with van der Waals surface area (Å²) in [7, 11) is 0. The standard InChI is InChI=1S/C24H26F3N5OS/c25-24(26,27)18-7-8-21(28-14-18)31-12-10-30(11-13-31)16-22(33)32-9-3-4-17(15-32)23-29-19-5-1-2-6-20(19)34-23/h1-2,5-8,14,17H,3-4,9-13,15-16H2/t17-/m0/s1. The summed E-state index contributed by atoms with van der Waals surface area (Å²) in [5.74, 6) is 0.943. The van der Waals surface area contributed by atoms with E-state index in [4.69, 9.17) is 4.98 Å². The third-order valence-electron chi connectivity index (χ3n) is 6.56. The van der Waals surface area contributed by atoms with Gasteiger partial charge in [0.1, 0.15) is 5.82 Å². The Morgan fingerprint density at radius 2 is 1.85 bits per heavy atom. The SMILES string of the molecule is O=C(CN1CCN(c2ccc(C(F)(F)F)cn2)CC1)N1CCC[C@H](c2nc3ccccc3s2)C1. The van der Waals surface area contributed by atoms with Crippen molar-refractivity contribution >= 4 is 33.3 Å². The van der Waals surface area contributed by atoms with Crippen molar-refractivity contribution in [2.75, 3.05) is 50.7 Å². The lowest BCUT2D eigenvalue weighted by molar-refractivity contribution is -0.137. The van der Waals surface area contributed by atoms with Crippen molar-refractivity contribution < 1.29 is 18.0 Å². The molecule has 3 aromatic rings. The van der Waals surface area contributed by atoms with Gasteiger partial charge in [-0.2, -0.15) is 13.2 Å². The number of rotatable bonds is 4. The van der Waals surface area contributed by atoms with Crippen LogP contribution in [0.5, 0.6) is 0 Å². The molecule has 0 N–H and O–H groups in total. The van der Waals surface area contributed by atoms with Gasteiger partial charge < -0.3 is 9.80 Å². The zero-order valence-electron chi connectivity index (χ0n) is 18.7. The number of carbonyl (C=O) groups is 1. The first-order chi connectivity index (χ1) is 16.4. The van der Waals surface area contributed by atoms with Gasteiger partial charge in [0.25, 0.3) is 0 Å². The predicted molar refractivity (Wildman–Crippen MR) is 126 cm³/mol. The first-order valence-corrected chi connectivity index (χ1v) is 12.3. The summed E-state index contributed by atoms with van der Waals surface area (Å²) in [6.07, 6.45) is -1.49. The zero-order chi connectivity index (χ0) is 23.7. The van der Waals surface area contributed by atoms with Gasteiger partial charge in [-0.25, -0.2) is 9.97 Å². The fourth-order valence-corrected chi connectivity index (χ4v) is 5.73. The molecule has 34 heavy (non-hydrogen) atoms. The molecule has 1 atom stereocenters. The molecule has 2 aliphatic rings. The van der Waals surface area contributed by atoms with E-state index in [0.717, 1.165) is 42.2 Å². The van der Waals surface area contributed by atoms with Gasteiger partial charge in [0.05, 0.1) is 27.3 Å². The van der Waals surface area contributed by atoms with Crippen LogP contribution in [-0.2, 0) is 11.0 Å². The van der Waals surface area contributed by atoms with Crippen LogP contribution in [0.3, 0.4) is 0 Å². The van der Waals surface area contributed by atoms with Crippen molar-refractivity contribution in [3.05, 3.63) is 53.2 Å². The molecule has 4 heterocycles. The quantitative estimate of drug-likeness (QED) is 0.549. The number of para-hydroxylation sites is 1. The minimum absolute atomic E-state index is 0.131. The topological polar surface area (TPSA) is 52.6 Å². The van der Waals surface area contributed by atoms with Crippen LogP contribution >= 0.6 is 11.3 Å². The predicted octanol–water partition coefficient (Wildman–Crippen LogP) is 4.24. The summed E-state index contributed by atoms with van der Waals surface area (Å²) in [5.41, 5.74) is 0.275. The van der Waals surface area contributed by atoms with Gasteiger partial charge in [0, 0.05) is 51.4 Å². The second-order valence-electron chi connectivity index (χ2n) is 8.86. The molecule has 0 saturated carbocycles. The van der Waals surface area contributed by atoms with Gasteiger partial charge in [-0.05, 0) is 37.1 Å². The van der Waals surface area contributed by atoms with E-state index in [1.807, 2.05) is 28.0 Å². The number of hydrogen-bond donors (Lipinski definition) is 0. The lowest BCUT2D eigenvalue weighted by atomic mass is 9.98. The van der Waals surface area contributed by atoms with Gasteiger partial charge in [0.2, 0.25) is 5.91 Å². The van der Waals surface area contributed by atoms with Crippen LogP contribution in [0.15, 0.2) is 42.6 Å². The van der Waals surface area contributed by atoms with Gasteiger partial charge in [-0.1, -0.05) is 12.1 Å². The number of likely N-dealkylation sites (tertiary alicyclic amines) is 1. The molecule has 0 unspecified atom stereocenters. The molecule has 10 heteroatoms. The number of halogens is 3. The fraction of sp³-hybridized carbons (Fsp3) is 0.458. The van der Waals surface area contributed by atoms with Crippen LogP contribution in [-0.4, -0.2) is 71.5 Å². The summed E-state index contributed by atoms with van der Waals surface area (Å²) in [6.45, 7) is 4.43. The number of nitrogens with zero attached hydrogens (tertiary/aromatic N) is 5. The molecule has 1 aromatic carbocycles. The molecule has 0 aliphatic carbocycles. The van der Waals surface area contributed by atoms with Crippen molar-refractivity contribution in [3.8, 4) is 0 Å². The van der Waals surface area contributed by atoms with Crippen molar-refractivity contribution in [1.82, 2.24) is 19.8 Å². The van der Waals surface area contributed by atoms with Gasteiger partial charge in [0.15, 0.2) is 0 Å². The first-order valence-electron chi connectivity index (χ1n) is 11.5. The molecule has 6 nitrogen and oxygen atoms in total. The molecule has 2 aliphatic heterocycles. The lowest BCUT2D eigenvalue weighted by Crippen LogP contribution is -2.51. The van der Waals surface area contributed by atoms with E-state index in [2.05, 4.69) is 16.0 Å². The highest BCUT2D eigenvalue weighted by Crippen LogP contribution is 2.33. The number of amides is 1. The van der Waals surface area contributed by atoms with Crippen LogP contribution in [0.1, 0.15) is 29.3 Å². The van der Waals surface area contributed by atoms with E-state index in [0.29, 0.717) is 45.1 Å². The molecule has 5 rings (SSSR count). The smallest absolute Gasteiger partial charge is 0.354 e. The Labute approximate surface area is 200 Å². The zero-order valence-corrected chi connectivity index (χ0v) is 19.5. The minimum Gasteiger partial charge on any atom is -0.354 e. The molecular formula is C24H26F3N5OS. The lowest BCUT2D eigenvalue weighted by Gasteiger charge is -2.37. The van der Waals surface area contributed by atoms with E-state index in [9.17, 15) is 18.0 Å². The molecule has 2 saturated heterocycles. The largest absolute Gasteiger partial charge is 0.417 e. The maximum Gasteiger partial charge on any atom is 0.417 e. The maximum atomic E-state index is 13.0. The number of hydrogen-bond acceptors (Lipinski definition) is 6. The number of pyridine rings is 1. The third kappa shape index (κ3) is 5.02. The van der Waals surface area contributed by atoms with Gasteiger partial charge in [-0.3, -0.25) is 9.69 Å². The van der Waals surface area contributed by atoms with E-state index in [1.54, 1.807) is 11.3 Å². The highest BCUT2D eigenvalue weighted by atomic mass is 32.1. The number of fused-ring (bicyclic) bond motifs is 1. The summed E-state index contributed by atoms with van der Waals surface area (Å²) in [4.78, 5) is 27.9. The van der Waals surface area contributed by atoms with Crippen LogP contribution in [0, 0.1) is 0 Å². The van der Waals surface area contributed by atoms with Gasteiger partial charge >= 0.3 is 6.18 Å². The average molecular weight is 490 g/mol. The Bertz CT molecular complexity index is 1110. The van der Waals surface area contributed by atoms with E-state index in [1.165, 1.54) is 10.8 Å². The Balaban J connectivity index is 1.14. The minimum atomic E-state index is -4.38. The molecule has 2 fully saturated rings. The van der Waals surface area contributed by atoms with Crippen molar-refractivity contribution in [2.45, 2.75) is 24.9 Å². The van der Waals surface area contributed by atoms with Crippen LogP contribution < -0.4 is 4.90 Å². The molecular weight excluding hydrogens is 463 g/mol. The number of piperazine rings is 1. The Kier molecular flexibility index (Phi) is 6.44. The molecule has 0 spiro atoms. The van der Waals surface area contributed by atoms with Crippen molar-refractivity contribution in [2.24, 2.45) is 0 Å². The Hall–Kier alpha value is -2.72. The molecule has 0 radical (unpaired) electrons. The van der Waals surface area contributed by atoms with E-state index in [-0.39, 0.29) is 11.8 Å². The van der Waals surface area contributed by atoms with Crippen molar-refractivity contribution in [1.29, 1.82) is 0 Å². The Morgan fingerprint density at radius 1 is 1.06 bits per heavy atom. The number of anilines is 1. The number of carbonyl (C=O) groups excluding carboxylic acids is 1. The number of benzene rings is 1. The number of aromatic nitrogens is 2. The highest BCUT2D eigenvalue weighted by Gasteiger charge is 2.31. The second-order valence-corrected chi connectivity index (χ2v) is 9.93. The molecule has 180 valence electrons. The normalized spacial score (nSPS) is 20.1. The fourth-order valence-electron chi connectivity index (χ4n) is 4.64. The van der Waals surface area contributed by atoms with Crippen LogP contribution in [0.25, 0.3) is 10.2 Å². The number of thiazole rings is 1.